The highest BCUT2D eigenvalue weighted by Gasteiger charge is 2.53. The lowest BCUT2D eigenvalue weighted by molar-refractivity contribution is -0.147. The van der Waals surface area contributed by atoms with Gasteiger partial charge in [-0.2, -0.15) is 0 Å². The van der Waals surface area contributed by atoms with E-state index in [9.17, 15) is 4.79 Å². The number of carbonyl (C=O) groups is 1. The van der Waals surface area contributed by atoms with E-state index in [-0.39, 0.29) is 29.3 Å². The van der Waals surface area contributed by atoms with Gasteiger partial charge in [0.15, 0.2) is 0 Å². The lowest BCUT2D eigenvalue weighted by atomic mass is 9.76. The van der Waals surface area contributed by atoms with E-state index in [1.807, 2.05) is 42.5 Å². The number of hydrogen-bond donors (Lipinski definition) is 0. The van der Waals surface area contributed by atoms with Crippen LogP contribution in [0.3, 0.4) is 0 Å². The van der Waals surface area contributed by atoms with Gasteiger partial charge in [-0.15, -0.1) is 0 Å². The number of anilines is 1. The van der Waals surface area contributed by atoms with Crippen molar-refractivity contribution in [2.24, 2.45) is 17.3 Å². The van der Waals surface area contributed by atoms with Crippen molar-refractivity contribution in [3.63, 3.8) is 0 Å². The van der Waals surface area contributed by atoms with Gasteiger partial charge < -0.3 is 14.4 Å². The molecule has 0 N–H and O–H groups in total. The molecule has 3 rings (SSSR count). The first-order chi connectivity index (χ1) is 12.4. The smallest absolute Gasteiger partial charge is 0.311 e. The lowest BCUT2D eigenvalue weighted by Gasteiger charge is -2.39. The van der Waals surface area contributed by atoms with Crippen molar-refractivity contribution in [2.45, 2.75) is 26.8 Å². The Balaban J connectivity index is 2.16. The van der Waals surface area contributed by atoms with Crippen molar-refractivity contribution < 1.29 is 14.3 Å². The molecule has 1 aliphatic carbocycles. The molecular weight excluding hydrogens is 326 g/mol. The molecule has 0 amide bonds. The van der Waals surface area contributed by atoms with Gasteiger partial charge in [-0.3, -0.25) is 4.79 Å². The van der Waals surface area contributed by atoms with Gasteiger partial charge in [0.1, 0.15) is 5.75 Å². The Bertz CT molecular complexity index is 753. The van der Waals surface area contributed by atoms with E-state index >= 15 is 0 Å². The Kier molecular flexibility index (Phi) is 4.94. The van der Waals surface area contributed by atoms with Crippen LogP contribution in [0.1, 0.15) is 20.8 Å². The van der Waals surface area contributed by atoms with Crippen molar-refractivity contribution in [3.8, 4) is 5.75 Å². The van der Waals surface area contributed by atoms with E-state index in [1.165, 1.54) is 7.11 Å². The summed E-state index contributed by atoms with van der Waals surface area (Å²) in [6.07, 6.45) is 10.3. The van der Waals surface area contributed by atoms with Crippen molar-refractivity contribution in [1.29, 1.82) is 0 Å². The molecule has 2 aliphatic rings. The SMILES string of the molecule is COC(=O)[C@@H]1C2C=CC=CC=C2N(c2ccc(OC)cc2)[C@H]1C(C)(C)C. The number of benzene rings is 1. The van der Waals surface area contributed by atoms with E-state index < -0.39 is 0 Å². The van der Waals surface area contributed by atoms with E-state index in [0.717, 1.165) is 17.1 Å². The fourth-order valence-corrected chi connectivity index (χ4v) is 4.06. The van der Waals surface area contributed by atoms with Crippen LogP contribution in [0.15, 0.2) is 60.3 Å². The number of nitrogens with zero attached hydrogens (tertiary/aromatic N) is 1. The van der Waals surface area contributed by atoms with Crippen molar-refractivity contribution in [1.82, 2.24) is 0 Å². The molecule has 4 nitrogen and oxygen atoms in total. The molecule has 1 aromatic rings. The molecule has 138 valence electrons. The molecule has 0 aromatic heterocycles. The second kappa shape index (κ2) is 7.02. The van der Waals surface area contributed by atoms with Gasteiger partial charge in [0.2, 0.25) is 0 Å². The molecule has 0 saturated carbocycles. The molecule has 1 unspecified atom stereocenters. The van der Waals surface area contributed by atoms with E-state index in [1.54, 1.807) is 7.11 Å². The third-order valence-corrected chi connectivity index (χ3v) is 5.14. The van der Waals surface area contributed by atoms with Gasteiger partial charge in [-0.25, -0.2) is 0 Å². The predicted octanol–water partition coefficient (Wildman–Crippen LogP) is 4.35. The Hall–Kier alpha value is -2.49. The maximum absolute atomic E-state index is 12.8. The number of allylic oxidation sites excluding steroid dienone is 5. The normalized spacial score (nSPS) is 24.7. The molecule has 1 aliphatic heterocycles. The summed E-state index contributed by atoms with van der Waals surface area (Å²) in [7, 11) is 3.13. The molecule has 1 fully saturated rings. The number of carbonyl (C=O) groups excluding carboxylic acids is 1. The van der Waals surface area contributed by atoms with Crippen LogP contribution in [-0.4, -0.2) is 26.2 Å². The molecule has 0 radical (unpaired) electrons. The third-order valence-electron chi connectivity index (χ3n) is 5.14. The summed E-state index contributed by atoms with van der Waals surface area (Å²) in [6.45, 7) is 6.53. The highest BCUT2D eigenvalue weighted by Crippen LogP contribution is 2.49. The average Bonchev–Trinajstić information content (AvgIpc) is 2.77. The molecule has 1 aromatic carbocycles. The Morgan fingerprint density at radius 2 is 1.73 bits per heavy atom. The van der Waals surface area contributed by atoms with Gasteiger partial charge in [-0.05, 0) is 35.8 Å². The topological polar surface area (TPSA) is 38.8 Å². The zero-order chi connectivity index (χ0) is 18.9. The average molecular weight is 353 g/mol. The Morgan fingerprint density at radius 1 is 1.04 bits per heavy atom. The second-order valence-electron chi connectivity index (χ2n) is 7.81. The maximum Gasteiger partial charge on any atom is 0.311 e. The highest BCUT2D eigenvalue weighted by molar-refractivity contribution is 5.79. The van der Waals surface area contributed by atoms with Gasteiger partial charge in [0, 0.05) is 17.3 Å². The number of hydrogen-bond acceptors (Lipinski definition) is 4. The zero-order valence-corrected chi connectivity index (χ0v) is 16.1. The standard InChI is InChI=1S/C22H27NO3/c1-22(2,3)20-19(21(24)26-5)17-9-7-6-8-10-18(17)23(20)15-11-13-16(25-4)14-12-15/h6-14,17,19-20H,1-5H3/t17?,19-,20-/m1/s1. The van der Waals surface area contributed by atoms with Crippen molar-refractivity contribution in [2.75, 3.05) is 19.1 Å². The van der Waals surface area contributed by atoms with Crippen LogP contribution >= 0.6 is 0 Å². The molecule has 1 saturated heterocycles. The summed E-state index contributed by atoms with van der Waals surface area (Å²) in [4.78, 5) is 15.1. The fraction of sp³-hybridized carbons (Fsp3) is 0.409. The first kappa shape index (κ1) is 18.3. The largest absolute Gasteiger partial charge is 0.497 e. The maximum atomic E-state index is 12.8. The molecule has 0 bridgehead atoms. The number of esters is 1. The summed E-state index contributed by atoms with van der Waals surface area (Å²) in [5.74, 6) is 0.382. The van der Waals surface area contributed by atoms with Gasteiger partial charge in [0.25, 0.3) is 0 Å². The fourth-order valence-electron chi connectivity index (χ4n) is 4.06. The number of ether oxygens (including phenoxy) is 2. The van der Waals surface area contributed by atoms with Crippen molar-refractivity contribution >= 4 is 11.7 Å². The Labute approximate surface area is 155 Å². The number of methoxy groups -OCH3 is 2. The predicted molar refractivity (Wildman–Crippen MR) is 104 cm³/mol. The van der Waals surface area contributed by atoms with Crippen LogP contribution in [0.4, 0.5) is 5.69 Å². The molecule has 0 spiro atoms. The molecule has 26 heavy (non-hydrogen) atoms. The van der Waals surface area contributed by atoms with Crippen molar-refractivity contribution in [3.05, 3.63) is 60.3 Å². The van der Waals surface area contributed by atoms with Crippen LogP contribution in [0.25, 0.3) is 0 Å². The highest BCUT2D eigenvalue weighted by atomic mass is 16.5. The molecular formula is C22H27NO3. The van der Waals surface area contributed by atoms with Crippen LogP contribution in [0.2, 0.25) is 0 Å². The molecule has 3 atom stereocenters. The summed E-state index contributed by atoms with van der Waals surface area (Å²) < 4.78 is 10.5. The van der Waals surface area contributed by atoms with Crippen LogP contribution in [0, 0.1) is 17.3 Å². The summed E-state index contributed by atoms with van der Waals surface area (Å²) in [6, 6.07) is 7.99. The van der Waals surface area contributed by atoms with Gasteiger partial charge >= 0.3 is 5.97 Å². The van der Waals surface area contributed by atoms with Crippen LogP contribution in [-0.2, 0) is 9.53 Å². The van der Waals surface area contributed by atoms with Crippen LogP contribution in [0.5, 0.6) is 5.75 Å². The number of fused-ring (bicyclic) bond motifs is 1. The quantitative estimate of drug-likeness (QED) is 0.758. The lowest BCUT2D eigenvalue weighted by Crippen LogP contribution is -2.45. The van der Waals surface area contributed by atoms with Gasteiger partial charge in [0.05, 0.1) is 26.2 Å². The monoisotopic (exact) mass is 353 g/mol. The minimum absolute atomic E-state index is 0.0104. The van der Waals surface area contributed by atoms with Crippen LogP contribution < -0.4 is 9.64 Å². The van der Waals surface area contributed by atoms with Gasteiger partial charge in [-0.1, -0.05) is 45.1 Å². The Morgan fingerprint density at radius 3 is 2.31 bits per heavy atom. The van der Waals surface area contributed by atoms with E-state index in [4.69, 9.17) is 9.47 Å². The third kappa shape index (κ3) is 3.16. The van der Waals surface area contributed by atoms with E-state index in [0.29, 0.717) is 0 Å². The first-order valence-electron chi connectivity index (χ1n) is 8.94. The minimum atomic E-state index is -0.260. The molecule has 4 heteroatoms. The minimum Gasteiger partial charge on any atom is -0.497 e. The summed E-state index contributed by atoms with van der Waals surface area (Å²) in [5.41, 5.74) is 2.05. The first-order valence-corrected chi connectivity index (χ1v) is 8.94. The summed E-state index contributed by atoms with van der Waals surface area (Å²) >= 11 is 0. The van der Waals surface area contributed by atoms with E-state index in [2.05, 4.69) is 37.8 Å². The number of rotatable bonds is 3. The molecule has 1 heterocycles. The second-order valence-corrected chi connectivity index (χ2v) is 7.81. The zero-order valence-electron chi connectivity index (χ0n) is 16.1. The summed E-state index contributed by atoms with van der Waals surface area (Å²) in [5, 5.41) is 0.